The van der Waals surface area contributed by atoms with Crippen LogP contribution in [0.15, 0.2) is 24.3 Å². The van der Waals surface area contributed by atoms with Crippen LogP contribution in [0.2, 0.25) is 0 Å². The summed E-state index contributed by atoms with van der Waals surface area (Å²) in [6.45, 7) is 7.07. The van der Waals surface area contributed by atoms with Crippen LogP contribution < -0.4 is 5.32 Å². The lowest BCUT2D eigenvalue weighted by molar-refractivity contribution is 0.945. The maximum atomic E-state index is 4.36. The molecule has 0 radical (unpaired) electrons. The van der Waals surface area contributed by atoms with Gasteiger partial charge < -0.3 is 10.6 Å². The van der Waals surface area contributed by atoms with Gasteiger partial charge in [0, 0.05) is 5.69 Å². The lowest BCUT2D eigenvalue weighted by Crippen LogP contribution is -2.06. The second kappa shape index (κ2) is 6.44. The second-order valence-electron chi connectivity index (χ2n) is 3.46. The van der Waals surface area contributed by atoms with Crippen LogP contribution in [0.5, 0.6) is 0 Å². The summed E-state index contributed by atoms with van der Waals surface area (Å²) in [5, 5.41) is 7.70. The van der Waals surface area contributed by atoms with Crippen molar-refractivity contribution in [2.45, 2.75) is 20.3 Å². The van der Waals surface area contributed by atoms with E-state index in [0.29, 0.717) is 0 Å². The number of hydrogen-bond donors (Lipinski definition) is 1. The summed E-state index contributed by atoms with van der Waals surface area (Å²) < 4.78 is 0. The largest absolute Gasteiger partial charge is 0.661 e. The minimum Gasteiger partial charge on any atom is -0.661 e. The Hall–Kier alpha value is -1.02. The van der Waals surface area contributed by atoms with Crippen LogP contribution >= 0.6 is 0 Å². The van der Waals surface area contributed by atoms with Gasteiger partial charge in [0.1, 0.15) is 0 Å². The fraction of sp³-hybridized carbons (Fsp3) is 0.500. The van der Waals surface area contributed by atoms with Crippen LogP contribution in [0.1, 0.15) is 18.9 Å². The first-order valence-corrected chi connectivity index (χ1v) is 5.26. The standard InChI is InChI=1S/C12H19N2/c1-3-8-13-9-10-14-12-6-4-11(2)5-7-12/h4-7,14H,3,8-10H2,1-2H3/q-1. The molecular weight excluding hydrogens is 172 g/mol. The molecule has 0 spiro atoms. The van der Waals surface area contributed by atoms with Gasteiger partial charge in [-0.1, -0.05) is 31.0 Å². The molecule has 0 atom stereocenters. The predicted octanol–water partition coefficient (Wildman–Crippen LogP) is 3.19. The number of hydrogen-bond acceptors (Lipinski definition) is 1. The average molecular weight is 191 g/mol. The van der Waals surface area contributed by atoms with E-state index in [4.69, 9.17) is 0 Å². The highest BCUT2D eigenvalue weighted by molar-refractivity contribution is 5.44. The van der Waals surface area contributed by atoms with Gasteiger partial charge in [-0.2, -0.15) is 0 Å². The van der Waals surface area contributed by atoms with E-state index in [2.05, 4.69) is 48.7 Å². The van der Waals surface area contributed by atoms with E-state index >= 15 is 0 Å². The van der Waals surface area contributed by atoms with Crippen molar-refractivity contribution in [1.29, 1.82) is 0 Å². The normalized spacial score (nSPS) is 10.1. The molecule has 0 aliphatic carbocycles. The molecule has 2 nitrogen and oxygen atoms in total. The van der Waals surface area contributed by atoms with Gasteiger partial charge in [-0.15, -0.1) is 13.1 Å². The van der Waals surface area contributed by atoms with Gasteiger partial charge in [0.15, 0.2) is 0 Å². The highest BCUT2D eigenvalue weighted by atomic mass is 14.9. The lowest BCUT2D eigenvalue weighted by Gasteiger charge is -2.18. The molecule has 0 bridgehead atoms. The molecule has 0 unspecified atom stereocenters. The quantitative estimate of drug-likeness (QED) is 0.687. The molecule has 0 fully saturated rings. The third kappa shape index (κ3) is 4.28. The van der Waals surface area contributed by atoms with Gasteiger partial charge in [-0.25, -0.2) is 0 Å². The van der Waals surface area contributed by atoms with Crippen LogP contribution in [0.3, 0.4) is 0 Å². The van der Waals surface area contributed by atoms with Crippen molar-refractivity contribution in [2.75, 3.05) is 25.0 Å². The first-order chi connectivity index (χ1) is 6.83. The second-order valence-corrected chi connectivity index (χ2v) is 3.46. The fourth-order valence-corrected chi connectivity index (χ4v) is 1.22. The fourth-order valence-electron chi connectivity index (χ4n) is 1.22. The van der Waals surface area contributed by atoms with Crippen molar-refractivity contribution in [3.05, 3.63) is 35.1 Å². The summed E-state index contributed by atoms with van der Waals surface area (Å²) in [6.07, 6.45) is 1.14. The minimum absolute atomic E-state index is 0.904. The van der Waals surface area contributed by atoms with Crippen LogP contribution in [0, 0.1) is 6.92 Å². The van der Waals surface area contributed by atoms with E-state index < -0.39 is 0 Å². The molecule has 1 aromatic rings. The Morgan fingerprint density at radius 3 is 2.50 bits per heavy atom. The molecule has 0 saturated carbocycles. The third-order valence-corrected chi connectivity index (χ3v) is 2.03. The molecule has 2 heteroatoms. The highest BCUT2D eigenvalue weighted by Crippen LogP contribution is 2.07. The van der Waals surface area contributed by atoms with Crippen molar-refractivity contribution in [3.63, 3.8) is 0 Å². The van der Waals surface area contributed by atoms with Gasteiger partial charge in [0.05, 0.1) is 0 Å². The maximum Gasteiger partial charge on any atom is 0.0339 e. The molecule has 0 aliphatic heterocycles. The summed E-state index contributed by atoms with van der Waals surface area (Å²) in [5.41, 5.74) is 2.48. The predicted molar refractivity (Wildman–Crippen MR) is 63.1 cm³/mol. The van der Waals surface area contributed by atoms with Gasteiger partial charge in [-0.05, 0) is 25.6 Å². The Kier molecular flexibility index (Phi) is 5.08. The topological polar surface area (TPSA) is 26.1 Å². The monoisotopic (exact) mass is 191 g/mol. The molecule has 0 aromatic heterocycles. The number of nitrogens with zero attached hydrogens (tertiary/aromatic N) is 1. The van der Waals surface area contributed by atoms with Crippen LogP contribution in [-0.2, 0) is 0 Å². The third-order valence-electron chi connectivity index (χ3n) is 2.03. The Labute approximate surface area is 86.7 Å². The smallest absolute Gasteiger partial charge is 0.0339 e. The molecule has 14 heavy (non-hydrogen) atoms. The van der Waals surface area contributed by atoms with Gasteiger partial charge in [-0.3, -0.25) is 0 Å². The van der Waals surface area contributed by atoms with Gasteiger partial charge in [0.25, 0.3) is 0 Å². The molecule has 0 saturated heterocycles. The maximum absolute atomic E-state index is 4.36. The molecular formula is C12H19N2-. The molecule has 1 aromatic carbocycles. The summed E-state index contributed by atoms with van der Waals surface area (Å²) in [5.74, 6) is 0. The van der Waals surface area contributed by atoms with Crippen molar-refractivity contribution >= 4 is 5.69 Å². The van der Waals surface area contributed by atoms with Gasteiger partial charge >= 0.3 is 0 Å². The lowest BCUT2D eigenvalue weighted by atomic mass is 10.2. The Morgan fingerprint density at radius 1 is 1.14 bits per heavy atom. The van der Waals surface area contributed by atoms with E-state index in [1.165, 1.54) is 11.3 Å². The molecule has 1 N–H and O–H groups in total. The number of anilines is 1. The van der Waals surface area contributed by atoms with Crippen molar-refractivity contribution in [2.24, 2.45) is 0 Å². The van der Waals surface area contributed by atoms with Crippen molar-refractivity contribution in [1.82, 2.24) is 0 Å². The molecule has 0 heterocycles. The zero-order chi connectivity index (χ0) is 10.2. The van der Waals surface area contributed by atoms with Crippen molar-refractivity contribution < 1.29 is 0 Å². The van der Waals surface area contributed by atoms with E-state index in [-0.39, 0.29) is 0 Å². The van der Waals surface area contributed by atoms with E-state index in [1.54, 1.807) is 0 Å². The number of aryl methyl sites for hydroxylation is 1. The van der Waals surface area contributed by atoms with E-state index in [1.807, 2.05) is 0 Å². The number of nitrogens with one attached hydrogen (secondary N) is 1. The summed E-state index contributed by atoms with van der Waals surface area (Å²) in [6, 6.07) is 8.45. The molecule has 1 rings (SSSR count). The molecule has 0 aliphatic rings. The first-order valence-electron chi connectivity index (χ1n) is 5.26. The first kappa shape index (κ1) is 11.1. The van der Waals surface area contributed by atoms with Crippen molar-refractivity contribution in [3.8, 4) is 0 Å². The Bertz CT molecular complexity index is 241. The average Bonchev–Trinajstić information content (AvgIpc) is 2.21. The van der Waals surface area contributed by atoms with Crippen LogP contribution in [0.25, 0.3) is 5.32 Å². The Morgan fingerprint density at radius 2 is 1.86 bits per heavy atom. The van der Waals surface area contributed by atoms with Crippen LogP contribution in [-0.4, -0.2) is 19.6 Å². The molecule has 0 amide bonds. The number of rotatable bonds is 6. The minimum atomic E-state index is 0.904. The van der Waals surface area contributed by atoms with Gasteiger partial charge in [0.2, 0.25) is 0 Å². The summed E-state index contributed by atoms with van der Waals surface area (Å²) in [7, 11) is 0. The zero-order valence-corrected chi connectivity index (χ0v) is 9.09. The molecule has 78 valence electrons. The van der Waals surface area contributed by atoms with E-state index in [9.17, 15) is 0 Å². The SMILES string of the molecule is CCC[N-]CCNc1ccc(C)cc1. The number of benzene rings is 1. The van der Waals surface area contributed by atoms with E-state index in [0.717, 1.165) is 26.1 Å². The summed E-state index contributed by atoms with van der Waals surface area (Å²) >= 11 is 0. The highest BCUT2D eigenvalue weighted by Gasteiger charge is 1.87. The van der Waals surface area contributed by atoms with Crippen LogP contribution in [0.4, 0.5) is 5.69 Å². The Balaban J connectivity index is 2.15. The summed E-state index contributed by atoms with van der Waals surface area (Å²) in [4.78, 5) is 0. The zero-order valence-electron chi connectivity index (χ0n) is 9.09.